The number of pyridine rings is 1. The van der Waals surface area contributed by atoms with Crippen LogP contribution >= 0.6 is 11.6 Å². The number of ether oxygens (including phenoxy) is 1. The van der Waals surface area contributed by atoms with E-state index in [4.69, 9.17) is 21.4 Å². The van der Waals surface area contributed by atoms with Crippen LogP contribution < -0.4 is 4.74 Å². The Morgan fingerprint density at radius 3 is 2.78 bits per heavy atom. The van der Waals surface area contributed by atoms with Crippen LogP contribution in [0, 0.1) is 0 Å². The van der Waals surface area contributed by atoms with Crippen LogP contribution in [0.3, 0.4) is 0 Å². The van der Waals surface area contributed by atoms with Crippen LogP contribution in [0.25, 0.3) is 0 Å². The highest BCUT2D eigenvalue weighted by molar-refractivity contribution is 6.30. The molecule has 5 heteroatoms. The van der Waals surface area contributed by atoms with Crippen molar-refractivity contribution in [2.45, 2.75) is 6.61 Å². The van der Waals surface area contributed by atoms with Crippen LogP contribution in [0.1, 0.15) is 16.1 Å². The van der Waals surface area contributed by atoms with Crippen molar-refractivity contribution in [1.82, 2.24) is 4.98 Å². The van der Waals surface area contributed by atoms with Crippen LogP contribution in [-0.4, -0.2) is 16.1 Å². The van der Waals surface area contributed by atoms with Crippen molar-refractivity contribution in [3.8, 4) is 5.75 Å². The van der Waals surface area contributed by atoms with Crippen molar-refractivity contribution in [2.75, 3.05) is 0 Å². The van der Waals surface area contributed by atoms with Gasteiger partial charge in [-0.2, -0.15) is 0 Å². The maximum atomic E-state index is 10.6. The minimum absolute atomic E-state index is 0.0153. The molecule has 1 aromatic carbocycles. The summed E-state index contributed by atoms with van der Waals surface area (Å²) >= 11 is 5.82. The summed E-state index contributed by atoms with van der Waals surface area (Å²) in [6, 6.07) is 10.2. The number of carbonyl (C=O) groups is 1. The lowest BCUT2D eigenvalue weighted by atomic mass is 10.2. The van der Waals surface area contributed by atoms with Crippen molar-refractivity contribution >= 4 is 17.6 Å². The third kappa shape index (κ3) is 3.21. The second-order valence-electron chi connectivity index (χ2n) is 3.60. The normalized spacial score (nSPS) is 10.1. The van der Waals surface area contributed by atoms with E-state index < -0.39 is 5.97 Å². The summed E-state index contributed by atoms with van der Waals surface area (Å²) < 4.78 is 5.50. The van der Waals surface area contributed by atoms with Crippen LogP contribution in [0.5, 0.6) is 5.75 Å². The lowest BCUT2D eigenvalue weighted by Gasteiger charge is -2.06. The average Bonchev–Trinajstić information content (AvgIpc) is 2.37. The van der Waals surface area contributed by atoms with Crippen molar-refractivity contribution in [3.05, 3.63) is 58.9 Å². The fourth-order valence-corrected chi connectivity index (χ4v) is 1.54. The Morgan fingerprint density at radius 1 is 1.33 bits per heavy atom. The zero-order valence-corrected chi connectivity index (χ0v) is 10.1. The van der Waals surface area contributed by atoms with Gasteiger partial charge in [0, 0.05) is 16.8 Å². The third-order valence-corrected chi connectivity index (χ3v) is 2.48. The highest BCUT2D eigenvalue weighted by atomic mass is 35.5. The van der Waals surface area contributed by atoms with Crippen molar-refractivity contribution in [3.63, 3.8) is 0 Å². The third-order valence-electron chi connectivity index (χ3n) is 2.25. The Bertz CT molecular complexity index is 554. The van der Waals surface area contributed by atoms with Crippen molar-refractivity contribution < 1.29 is 14.6 Å². The van der Waals surface area contributed by atoms with Gasteiger partial charge in [0.05, 0.1) is 0 Å². The molecule has 4 nitrogen and oxygen atoms in total. The predicted octanol–water partition coefficient (Wildman–Crippen LogP) is 3.01. The molecule has 0 unspecified atom stereocenters. The first-order valence-corrected chi connectivity index (χ1v) is 5.59. The maximum Gasteiger partial charge on any atom is 0.354 e. The van der Waals surface area contributed by atoms with Gasteiger partial charge >= 0.3 is 5.97 Å². The molecule has 0 radical (unpaired) electrons. The van der Waals surface area contributed by atoms with E-state index in [1.807, 2.05) is 0 Å². The molecule has 2 rings (SSSR count). The molecule has 0 spiro atoms. The van der Waals surface area contributed by atoms with Gasteiger partial charge in [-0.3, -0.25) is 0 Å². The number of benzene rings is 1. The maximum absolute atomic E-state index is 10.6. The van der Waals surface area contributed by atoms with Gasteiger partial charge in [-0.25, -0.2) is 9.78 Å². The first kappa shape index (κ1) is 12.4. The van der Waals surface area contributed by atoms with Crippen LogP contribution in [0.4, 0.5) is 0 Å². The lowest BCUT2D eigenvalue weighted by Crippen LogP contribution is -2.02. The van der Waals surface area contributed by atoms with Gasteiger partial charge < -0.3 is 9.84 Å². The number of aromatic carboxylic acids is 1. The molecule has 0 saturated heterocycles. The van der Waals surface area contributed by atoms with Gasteiger partial charge in [-0.15, -0.1) is 0 Å². The summed E-state index contributed by atoms with van der Waals surface area (Å²) in [6.45, 7) is 0.313. The molecule has 1 N–H and O–H groups in total. The van der Waals surface area contributed by atoms with Gasteiger partial charge in [-0.1, -0.05) is 23.7 Å². The van der Waals surface area contributed by atoms with Gasteiger partial charge in [0.1, 0.15) is 18.1 Å². The number of carboxylic acids is 1. The SMILES string of the molecule is O=C(O)c1ccc(COc2cccc(Cl)c2)cn1. The largest absolute Gasteiger partial charge is 0.489 e. The molecule has 0 saturated carbocycles. The Kier molecular flexibility index (Phi) is 3.79. The predicted molar refractivity (Wildman–Crippen MR) is 67.0 cm³/mol. The summed E-state index contributed by atoms with van der Waals surface area (Å²) in [7, 11) is 0. The molecule has 1 heterocycles. The second kappa shape index (κ2) is 5.51. The highest BCUT2D eigenvalue weighted by Gasteiger charge is 2.04. The zero-order chi connectivity index (χ0) is 13.0. The fraction of sp³-hybridized carbons (Fsp3) is 0.0769. The van der Waals surface area contributed by atoms with E-state index in [1.165, 1.54) is 12.3 Å². The molecule has 0 amide bonds. The number of aromatic nitrogens is 1. The Labute approximate surface area is 109 Å². The molecular formula is C13H10ClNO3. The molecule has 0 aliphatic carbocycles. The molecule has 2 aromatic rings. The summed E-state index contributed by atoms with van der Waals surface area (Å²) in [4.78, 5) is 14.4. The van der Waals surface area contributed by atoms with E-state index >= 15 is 0 Å². The first-order chi connectivity index (χ1) is 8.65. The number of nitrogens with zero attached hydrogens (tertiary/aromatic N) is 1. The molecule has 0 atom stereocenters. The van der Waals surface area contributed by atoms with E-state index in [0.29, 0.717) is 17.4 Å². The van der Waals surface area contributed by atoms with Crippen LogP contribution in [0.15, 0.2) is 42.6 Å². The summed E-state index contributed by atoms with van der Waals surface area (Å²) in [5.41, 5.74) is 0.807. The van der Waals surface area contributed by atoms with Gasteiger partial charge in [0.15, 0.2) is 0 Å². The second-order valence-corrected chi connectivity index (χ2v) is 4.04. The van der Waals surface area contributed by atoms with E-state index in [9.17, 15) is 4.79 Å². The Hall–Kier alpha value is -2.07. The Morgan fingerprint density at radius 2 is 2.17 bits per heavy atom. The minimum Gasteiger partial charge on any atom is -0.489 e. The van der Waals surface area contributed by atoms with Gasteiger partial charge in [0.25, 0.3) is 0 Å². The van der Waals surface area contributed by atoms with E-state index in [0.717, 1.165) is 5.56 Å². The molecule has 1 aromatic heterocycles. The monoisotopic (exact) mass is 263 g/mol. The summed E-state index contributed by atoms with van der Waals surface area (Å²) in [5, 5.41) is 9.31. The average molecular weight is 264 g/mol. The minimum atomic E-state index is -1.04. The van der Waals surface area contributed by atoms with E-state index in [-0.39, 0.29) is 5.69 Å². The van der Waals surface area contributed by atoms with Crippen LogP contribution in [-0.2, 0) is 6.61 Å². The van der Waals surface area contributed by atoms with E-state index in [1.54, 1.807) is 30.3 Å². The molecular weight excluding hydrogens is 254 g/mol. The number of hydrogen-bond donors (Lipinski definition) is 1. The van der Waals surface area contributed by atoms with E-state index in [2.05, 4.69) is 4.98 Å². The fourth-order valence-electron chi connectivity index (χ4n) is 1.36. The first-order valence-electron chi connectivity index (χ1n) is 5.22. The van der Waals surface area contributed by atoms with Crippen molar-refractivity contribution in [1.29, 1.82) is 0 Å². The topological polar surface area (TPSA) is 59.4 Å². The molecule has 0 fully saturated rings. The molecule has 0 bridgehead atoms. The quantitative estimate of drug-likeness (QED) is 0.921. The lowest BCUT2D eigenvalue weighted by molar-refractivity contribution is 0.0690. The Balaban J connectivity index is 2.00. The van der Waals surface area contributed by atoms with Gasteiger partial charge in [0.2, 0.25) is 0 Å². The van der Waals surface area contributed by atoms with Crippen LogP contribution in [0.2, 0.25) is 5.02 Å². The molecule has 0 aliphatic rings. The summed E-state index contributed by atoms with van der Waals surface area (Å²) in [5.74, 6) is -0.387. The summed E-state index contributed by atoms with van der Waals surface area (Å²) in [6.07, 6.45) is 1.48. The zero-order valence-electron chi connectivity index (χ0n) is 9.34. The molecule has 92 valence electrons. The number of hydrogen-bond acceptors (Lipinski definition) is 3. The van der Waals surface area contributed by atoms with Gasteiger partial charge in [-0.05, 0) is 24.3 Å². The number of halogens is 1. The standard InChI is InChI=1S/C13H10ClNO3/c14-10-2-1-3-11(6-10)18-8-9-4-5-12(13(16)17)15-7-9/h1-7H,8H2,(H,16,17). The number of rotatable bonds is 4. The smallest absolute Gasteiger partial charge is 0.354 e. The molecule has 0 aliphatic heterocycles. The molecule has 18 heavy (non-hydrogen) atoms. The van der Waals surface area contributed by atoms with Crippen molar-refractivity contribution in [2.24, 2.45) is 0 Å². The highest BCUT2D eigenvalue weighted by Crippen LogP contribution is 2.18. The number of carboxylic acid groups (broad SMARTS) is 1.